The molecule has 2 heterocycles. The van der Waals surface area contributed by atoms with Gasteiger partial charge in [-0.05, 0) is 0 Å². The van der Waals surface area contributed by atoms with Gasteiger partial charge in [0.1, 0.15) is 0 Å². The highest BCUT2D eigenvalue weighted by molar-refractivity contribution is 6.36. The number of hydrogen-bond acceptors (Lipinski definition) is 2. The van der Waals surface area contributed by atoms with Crippen molar-refractivity contribution < 1.29 is 0 Å². The Hall–Kier alpha value is -1.60. The minimum absolute atomic E-state index is 0.329. The first-order chi connectivity index (χ1) is 5.83. The van der Waals surface area contributed by atoms with Gasteiger partial charge in [-0.25, -0.2) is 14.3 Å². The average Bonchev–Trinajstić information content (AvgIpc) is 2.53. The second-order valence-corrected chi connectivity index (χ2v) is 2.53. The maximum atomic E-state index is 6.78. The smallest absolute Gasteiger partial charge is 0.228 e. The Balaban J connectivity index is 2.89. The molecule has 0 atom stereocenters. The summed E-state index contributed by atoms with van der Waals surface area (Å²) in [5, 5.41) is 4.28. The molecule has 0 radical (unpaired) electrons. The van der Waals surface area contributed by atoms with Gasteiger partial charge in [0.15, 0.2) is 5.65 Å². The number of rotatable bonds is 0. The normalized spacial score (nSPS) is 10.0. The minimum Gasteiger partial charge on any atom is -0.235 e. The number of imidazole rings is 1. The van der Waals surface area contributed by atoms with E-state index in [0.29, 0.717) is 16.4 Å². The topological polar surface area (TPSA) is 34.5 Å². The van der Waals surface area contributed by atoms with Crippen molar-refractivity contribution in [2.75, 3.05) is 0 Å². The molecule has 12 heavy (non-hydrogen) atoms. The third-order valence-corrected chi connectivity index (χ3v) is 1.83. The molecule has 0 aliphatic rings. The van der Waals surface area contributed by atoms with Crippen LogP contribution >= 0.6 is 11.6 Å². The molecule has 0 saturated heterocycles. The Kier molecular flexibility index (Phi) is 1.45. The number of hydrogen-bond donors (Lipinski definition) is 0. The standard InChI is InChI=1S/C7H3ClN4/c1-9-5-4-11-12-3-2-10-7(12)6(5)8/h2-4H. The van der Waals surface area contributed by atoms with Crippen LogP contribution in [0.3, 0.4) is 0 Å². The van der Waals surface area contributed by atoms with Crippen LogP contribution in [0.4, 0.5) is 5.69 Å². The van der Waals surface area contributed by atoms with Crippen LogP contribution < -0.4 is 0 Å². The maximum Gasteiger partial charge on any atom is 0.228 e. The summed E-state index contributed by atoms with van der Waals surface area (Å²) >= 11 is 5.85. The van der Waals surface area contributed by atoms with Crippen LogP contribution in [0.5, 0.6) is 0 Å². The van der Waals surface area contributed by atoms with E-state index in [1.807, 2.05) is 0 Å². The Morgan fingerprint density at radius 3 is 3.17 bits per heavy atom. The minimum atomic E-state index is 0.329. The second kappa shape index (κ2) is 2.47. The highest BCUT2D eigenvalue weighted by Crippen LogP contribution is 2.26. The van der Waals surface area contributed by atoms with Gasteiger partial charge in [0.25, 0.3) is 0 Å². The lowest BCUT2D eigenvalue weighted by atomic mass is 10.5. The van der Waals surface area contributed by atoms with Crippen LogP contribution in [0.1, 0.15) is 0 Å². The summed E-state index contributed by atoms with van der Waals surface area (Å²) in [5.41, 5.74) is 0.848. The molecule has 5 heteroatoms. The Morgan fingerprint density at radius 1 is 1.58 bits per heavy atom. The molecule has 58 valence electrons. The second-order valence-electron chi connectivity index (χ2n) is 2.15. The molecular weight excluding hydrogens is 176 g/mol. The van der Waals surface area contributed by atoms with Gasteiger partial charge >= 0.3 is 0 Å². The maximum absolute atomic E-state index is 6.78. The van der Waals surface area contributed by atoms with Crippen molar-refractivity contribution >= 4 is 22.9 Å². The lowest BCUT2D eigenvalue weighted by Crippen LogP contribution is -1.88. The van der Waals surface area contributed by atoms with E-state index >= 15 is 0 Å². The van der Waals surface area contributed by atoms with E-state index in [2.05, 4.69) is 14.9 Å². The first-order valence-corrected chi connectivity index (χ1v) is 3.56. The van der Waals surface area contributed by atoms with Crippen molar-refractivity contribution in [3.63, 3.8) is 0 Å². The molecule has 2 rings (SSSR count). The molecule has 0 aliphatic heterocycles. The van der Waals surface area contributed by atoms with Gasteiger partial charge < -0.3 is 0 Å². The number of nitrogens with zero attached hydrogens (tertiary/aromatic N) is 4. The highest BCUT2D eigenvalue weighted by Gasteiger charge is 2.06. The van der Waals surface area contributed by atoms with Gasteiger partial charge in [-0.3, -0.25) is 0 Å². The SMILES string of the molecule is [C-]#[N+]c1cnn2ccnc2c1Cl. The molecular formula is C7H3ClN4. The number of aromatic nitrogens is 3. The molecule has 0 N–H and O–H groups in total. The van der Waals surface area contributed by atoms with E-state index in [0.717, 1.165) is 0 Å². The lowest BCUT2D eigenvalue weighted by Gasteiger charge is -1.95. The van der Waals surface area contributed by atoms with Crippen molar-refractivity contribution in [3.05, 3.63) is 35.0 Å². The van der Waals surface area contributed by atoms with Crippen LogP contribution in [0.2, 0.25) is 5.02 Å². The van der Waals surface area contributed by atoms with Crippen LogP contribution in [-0.2, 0) is 0 Å². The van der Waals surface area contributed by atoms with Crippen molar-refractivity contribution in [3.8, 4) is 0 Å². The van der Waals surface area contributed by atoms with E-state index in [4.69, 9.17) is 18.2 Å². The van der Waals surface area contributed by atoms with E-state index < -0.39 is 0 Å². The van der Waals surface area contributed by atoms with E-state index in [9.17, 15) is 0 Å². The van der Waals surface area contributed by atoms with Crippen molar-refractivity contribution in [1.29, 1.82) is 0 Å². The molecule has 0 amide bonds. The summed E-state index contributed by atoms with van der Waals surface area (Å²) < 4.78 is 1.52. The first kappa shape index (κ1) is 7.07. The summed E-state index contributed by atoms with van der Waals surface area (Å²) in [4.78, 5) is 7.15. The van der Waals surface area contributed by atoms with E-state index in [-0.39, 0.29) is 0 Å². The van der Waals surface area contributed by atoms with Gasteiger partial charge in [0, 0.05) is 12.4 Å². The zero-order valence-corrected chi connectivity index (χ0v) is 6.65. The Bertz CT molecular complexity index is 468. The third-order valence-electron chi connectivity index (χ3n) is 1.47. The van der Waals surface area contributed by atoms with Crippen LogP contribution in [0.15, 0.2) is 18.6 Å². The van der Waals surface area contributed by atoms with Crippen LogP contribution in [0.25, 0.3) is 10.5 Å². The molecule has 0 unspecified atom stereocenters. The van der Waals surface area contributed by atoms with Crippen molar-refractivity contribution in [2.24, 2.45) is 0 Å². The predicted octanol–water partition coefficient (Wildman–Crippen LogP) is 1.93. The molecule has 0 spiro atoms. The number of halogens is 1. The van der Waals surface area contributed by atoms with Crippen LogP contribution in [0, 0.1) is 6.57 Å². The molecule has 2 aromatic rings. The summed E-state index contributed by atoms with van der Waals surface area (Å²) in [6.45, 7) is 6.78. The molecule has 0 aromatic carbocycles. The van der Waals surface area contributed by atoms with E-state index in [1.54, 1.807) is 12.4 Å². The highest BCUT2D eigenvalue weighted by atomic mass is 35.5. The quantitative estimate of drug-likeness (QED) is 0.578. The summed E-state index contributed by atoms with van der Waals surface area (Å²) in [7, 11) is 0. The summed E-state index contributed by atoms with van der Waals surface area (Å²) in [6, 6.07) is 0. The molecule has 0 fully saturated rings. The Morgan fingerprint density at radius 2 is 2.42 bits per heavy atom. The zero-order chi connectivity index (χ0) is 8.55. The molecule has 2 aromatic heterocycles. The van der Waals surface area contributed by atoms with Gasteiger partial charge in [-0.15, -0.1) is 0 Å². The molecule has 0 aliphatic carbocycles. The number of fused-ring (bicyclic) bond motifs is 1. The summed E-state index contributed by atoms with van der Waals surface area (Å²) in [6.07, 6.45) is 4.68. The molecule has 4 nitrogen and oxygen atoms in total. The van der Waals surface area contributed by atoms with E-state index in [1.165, 1.54) is 10.7 Å². The molecule has 0 saturated carbocycles. The molecule has 0 bridgehead atoms. The third kappa shape index (κ3) is 0.840. The fourth-order valence-corrected chi connectivity index (χ4v) is 1.14. The van der Waals surface area contributed by atoms with Crippen molar-refractivity contribution in [2.45, 2.75) is 0 Å². The first-order valence-electron chi connectivity index (χ1n) is 3.18. The van der Waals surface area contributed by atoms with Gasteiger partial charge in [0.2, 0.25) is 5.69 Å². The Labute approximate surface area is 73.2 Å². The summed E-state index contributed by atoms with van der Waals surface area (Å²) in [5.74, 6) is 0. The lowest BCUT2D eigenvalue weighted by molar-refractivity contribution is 0.939. The fraction of sp³-hybridized carbons (Fsp3) is 0. The fourth-order valence-electron chi connectivity index (χ4n) is 0.913. The van der Waals surface area contributed by atoms with Gasteiger partial charge in [0.05, 0.1) is 17.8 Å². The predicted molar refractivity (Wildman–Crippen MR) is 44.3 cm³/mol. The zero-order valence-electron chi connectivity index (χ0n) is 5.90. The average molecular weight is 179 g/mol. The van der Waals surface area contributed by atoms with Crippen molar-refractivity contribution in [1.82, 2.24) is 14.6 Å². The van der Waals surface area contributed by atoms with Gasteiger partial charge in [-0.2, -0.15) is 5.10 Å². The monoisotopic (exact) mass is 178 g/mol. The largest absolute Gasteiger partial charge is 0.235 e. The van der Waals surface area contributed by atoms with Crippen LogP contribution in [-0.4, -0.2) is 14.6 Å². The van der Waals surface area contributed by atoms with Gasteiger partial charge in [-0.1, -0.05) is 11.6 Å².